The summed E-state index contributed by atoms with van der Waals surface area (Å²) in [6, 6.07) is 13.2. The summed E-state index contributed by atoms with van der Waals surface area (Å²) in [6.45, 7) is 1.00. The molecule has 0 heterocycles. The molecule has 0 radical (unpaired) electrons. The molecule has 0 aromatic heterocycles. The number of guanidine groups is 1. The molecule has 0 aliphatic carbocycles. The maximum Gasteiger partial charge on any atom is 0.255 e. The molecule has 0 bridgehead atoms. The van der Waals surface area contributed by atoms with Crippen LogP contribution >= 0.6 is 24.0 Å². The Labute approximate surface area is 194 Å². The van der Waals surface area contributed by atoms with Gasteiger partial charge in [-0.25, -0.2) is 0 Å². The fourth-order valence-electron chi connectivity index (χ4n) is 2.78. The van der Waals surface area contributed by atoms with Crippen molar-refractivity contribution in [2.24, 2.45) is 10.7 Å². The van der Waals surface area contributed by atoms with E-state index in [2.05, 4.69) is 10.3 Å². The molecule has 8 nitrogen and oxygen atoms in total. The number of ether oxygens (including phenoxy) is 3. The molecule has 0 fully saturated rings. The number of hydrogen-bond donors (Lipinski definition) is 2. The summed E-state index contributed by atoms with van der Waals surface area (Å²) >= 11 is 0. The quantitative estimate of drug-likeness (QED) is 0.295. The first-order valence-electron chi connectivity index (χ1n) is 9.09. The molecule has 0 aliphatic rings. The van der Waals surface area contributed by atoms with Gasteiger partial charge in [-0.15, -0.1) is 24.0 Å². The molecule has 0 unspecified atom stereocenters. The van der Waals surface area contributed by atoms with Crippen molar-refractivity contribution in [1.29, 1.82) is 0 Å². The second kappa shape index (κ2) is 12.8. The number of nitrogens with two attached hydrogens (primary N) is 1. The fraction of sp³-hybridized carbons (Fsp3) is 0.333. The minimum absolute atomic E-state index is 0. The third kappa shape index (κ3) is 7.62. The van der Waals surface area contributed by atoms with Gasteiger partial charge in [-0.2, -0.15) is 0 Å². The third-order valence-corrected chi connectivity index (χ3v) is 4.21. The highest BCUT2D eigenvalue weighted by Crippen LogP contribution is 2.25. The highest BCUT2D eigenvalue weighted by Gasteiger charge is 2.11. The van der Waals surface area contributed by atoms with Gasteiger partial charge in [0.05, 0.1) is 14.2 Å². The van der Waals surface area contributed by atoms with E-state index in [0.717, 1.165) is 28.6 Å². The molecular formula is C21H29IN4O4. The summed E-state index contributed by atoms with van der Waals surface area (Å²) in [5, 5.41) is 3.32. The van der Waals surface area contributed by atoms with E-state index in [4.69, 9.17) is 19.9 Å². The van der Waals surface area contributed by atoms with Gasteiger partial charge in [-0.05, 0) is 29.8 Å². The molecule has 2 aromatic carbocycles. The molecule has 3 N–H and O–H groups in total. The molecule has 0 atom stereocenters. The first-order chi connectivity index (χ1) is 14.0. The lowest BCUT2D eigenvalue weighted by molar-refractivity contribution is -0.119. The molecule has 0 saturated heterocycles. The number of halogens is 1. The number of methoxy groups -OCH3 is 2. The average molecular weight is 528 g/mol. The van der Waals surface area contributed by atoms with Gasteiger partial charge in [0.1, 0.15) is 17.2 Å². The molecule has 1 amide bonds. The van der Waals surface area contributed by atoms with Gasteiger partial charge in [-0.1, -0.05) is 12.1 Å². The average Bonchev–Trinajstić information content (AvgIpc) is 2.73. The normalized spacial score (nSPS) is 10.6. The Kier molecular flexibility index (Phi) is 10.8. The van der Waals surface area contributed by atoms with Crippen LogP contribution in [0.5, 0.6) is 17.2 Å². The summed E-state index contributed by atoms with van der Waals surface area (Å²) in [7, 11) is 6.95. The van der Waals surface area contributed by atoms with Gasteiger partial charge in [-0.3, -0.25) is 9.79 Å². The molecule has 2 rings (SSSR count). The Morgan fingerprint density at radius 1 is 1.13 bits per heavy atom. The van der Waals surface area contributed by atoms with E-state index in [0.29, 0.717) is 18.8 Å². The zero-order chi connectivity index (χ0) is 21.2. The van der Waals surface area contributed by atoms with Crippen LogP contribution in [0.4, 0.5) is 0 Å². The number of amides is 1. The number of nitrogens with one attached hydrogen (secondary N) is 1. The number of primary amides is 1. The number of aliphatic imine (C=N–C) groups is 1. The summed E-state index contributed by atoms with van der Waals surface area (Å²) < 4.78 is 16.1. The van der Waals surface area contributed by atoms with Crippen molar-refractivity contribution < 1.29 is 19.0 Å². The number of nitrogens with zero attached hydrogens (tertiary/aromatic N) is 2. The number of rotatable bonds is 9. The fourth-order valence-corrected chi connectivity index (χ4v) is 2.78. The summed E-state index contributed by atoms with van der Waals surface area (Å²) in [6.07, 6.45) is 0. The van der Waals surface area contributed by atoms with E-state index in [-0.39, 0.29) is 30.6 Å². The lowest BCUT2D eigenvalue weighted by atomic mass is 10.2. The zero-order valence-corrected chi connectivity index (χ0v) is 20.0. The van der Waals surface area contributed by atoms with Crippen LogP contribution < -0.4 is 25.3 Å². The lowest BCUT2D eigenvalue weighted by Crippen LogP contribution is -2.38. The standard InChI is InChI=1S/C21H28N4O4.HI/c1-23-21(24-12-15-6-5-7-18(10-15)29-14-20(22)26)25(2)13-16-8-9-17(27-3)11-19(16)28-4;/h5-11H,12-14H2,1-4H3,(H2,22,26)(H,23,24);1H. The van der Waals surface area contributed by atoms with E-state index in [9.17, 15) is 4.79 Å². The van der Waals surface area contributed by atoms with E-state index in [1.54, 1.807) is 27.3 Å². The van der Waals surface area contributed by atoms with Crippen LogP contribution in [-0.4, -0.2) is 51.7 Å². The second-order valence-electron chi connectivity index (χ2n) is 6.34. The highest BCUT2D eigenvalue weighted by atomic mass is 127. The van der Waals surface area contributed by atoms with Gasteiger partial charge in [0.2, 0.25) is 0 Å². The van der Waals surface area contributed by atoms with Crippen LogP contribution in [-0.2, 0) is 17.9 Å². The maximum atomic E-state index is 10.9. The molecule has 164 valence electrons. The van der Waals surface area contributed by atoms with Crippen LogP contribution in [0, 0.1) is 0 Å². The molecule has 0 saturated carbocycles. The minimum Gasteiger partial charge on any atom is -0.497 e. The van der Waals surface area contributed by atoms with E-state index < -0.39 is 5.91 Å². The van der Waals surface area contributed by atoms with Gasteiger partial charge in [0.25, 0.3) is 5.91 Å². The van der Waals surface area contributed by atoms with Gasteiger partial charge < -0.3 is 30.2 Å². The lowest BCUT2D eigenvalue weighted by Gasteiger charge is -2.23. The van der Waals surface area contributed by atoms with E-state index >= 15 is 0 Å². The topological polar surface area (TPSA) is 98.4 Å². The van der Waals surface area contributed by atoms with Crippen molar-refractivity contribution in [1.82, 2.24) is 10.2 Å². The molecule has 2 aromatic rings. The van der Waals surface area contributed by atoms with E-state index in [1.165, 1.54) is 0 Å². The van der Waals surface area contributed by atoms with Gasteiger partial charge in [0.15, 0.2) is 12.6 Å². The summed E-state index contributed by atoms with van der Waals surface area (Å²) in [5.41, 5.74) is 7.12. The molecule has 30 heavy (non-hydrogen) atoms. The van der Waals surface area contributed by atoms with Crippen molar-refractivity contribution in [2.75, 3.05) is 34.9 Å². The first-order valence-corrected chi connectivity index (χ1v) is 9.09. The maximum absolute atomic E-state index is 10.9. The second-order valence-corrected chi connectivity index (χ2v) is 6.34. The SMILES string of the molecule is CN=C(NCc1cccc(OCC(N)=O)c1)N(C)Cc1ccc(OC)cc1OC.I. The predicted octanol–water partition coefficient (Wildman–Crippen LogP) is 2.39. The van der Waals surface area contributed by atoms with E-state index in [1.807, 2.05) is 48.3 Å². The largest absolute Gasteiger partial charge is 0.497 e. The molecule has 0 spiro atoms. The molecular weight excluding hydrogens is 499 g/mol. The Morgan fingerprint density at radius 3 is 2.53 bits per heavy atom. The molecule has 9 heteroatoms. The van der Waals surface area contributed by atoms with Crippen molar-refractivity contribution in [2.45, 2.75) is 13.1 Å². The van der Waals surface area contributed by atoms with Crippen molar-refractivity contribution in [3.8, 4) is 17.2 Å². The summed E-state index contributed by atoms with van der Waals surface area (Å²) in [5.74, 6) is 2.31. The summed E-state index contributed by atoms with van der Waals surface area (Å²) in [4.78, 5) is 17.2. The Bertz CT molecular complexity index is 861. The Hall–Kier alpha value is -2.69. The van der Waals surface area contributed by atoms with Crippen LogP contribution in [0.3, 0.4) is 0 Å². The number of benzene rings is 2. The number of carbonyl (C=O) groups excluding carboxylic acids is 1. The molecule has 0 aliphatic heterocycles. The first kappa shape index (κ1) is 25.3. The predicted molar refractivity (Wildman–Crippen MR) is 128 cm³/mol. The van der Waals surface area contributed by atoms with Crippen molar-refractivity contribution in [3.63, 3.8) is 0 Å². The number of hydrogen-bond acceptors (Lipinski definition) is 5. The van der Waals surface area contributed by atoms with Crippen LogP contribution in [0.15, 0.2) is 47.5 Å². The Morgan fingerprint density at radius 2 is 1.90 bits per heavy atom. The zero-order valence-electron chi connectivity index (χ0n) is 17.7. The van der Waals surface area contributed by atoms with Crippen molar-refractivity contribution >= 4 is 35.8 Å². The third-order valence-electron chi connectivity index (χ3n) is 4.21. The number of carbonyl (C=O) groups is 1. The van der Waals surface area contributed by atoms with Crippen LogP contribution in [0.1, 0.15) is 11.1 Å². The highest BCUT2D eigenvalue weighted by molar-refractivity contribution is 14.0. The Balaban J connectivity index is 0.00000450. The van der Waals surface area contributed by atoms with Gasteiger partial charge >= 0.3 is 0 Å². The van der Waals surface area contributed by atoms with Crippen LogP contribution in [0.25, 0.3) is 0 Å². The van der Waals surface area contributed by atoms with Crippen molar-refractivity contribution in [3.05, 3.63) is 53.6 Å². The smallest absolute Gasteiger partial charge is 0.255 e. The van der Waals surface area contributed by atoms with Gasteiger partial charge in [0, 0.05) is 38.8 Å². The van der Waals surface area contributed by atoms with Crippen LogP contribution in [0.2, 0.25) is 0 Å². The monoisotopic (exact) mass is 528 g/mol. The minimum atomic E-state index is -0.510.